The van der Waals surface area contributed by atoms with Crippen LogP contribution in [0.15, 0.2) is 6.07 Å². The predicted octanol–water partition coefficient (Wildman–Crippen LogP) is 1.91. The molecule has 1 fully saturated rings. The lowest BCUT2D eigenvalue weighted by atomic mass is 9.62. The van der Waals surface area contributed by atoms with Crippen molar-refractivity contribution >= 4 is 17.4 Å². The van der Waals surface area contributed by atoms with Gasteiger partial charge in [-0.05, 0) is 45.0 Å². The van der Waals surface area contributed by atoms with E-state index < -0.39 is 0 Å². The molecule has 1 aliphatic carbocycles. The highest BCUT2D eigenvalue weighted by Gasteiger charge is 2.49. The average molecular weight is 267 g/mol. The van der Waals surface area contributed by atoms with E-state index in [1.165, 1.54) is 11.5 Å². The van der Waals surface area contributed by atoms with Crippen molar-refractivity contribution in [3.8, 4) is 0 Å². The molecule has 4 nitrogen and oxygen atoms in total. The smallest absolute Gasteiger partial charge is 0.271 e. The maximum absolute atomic E-state index is 12.0. The van der Waals surface area contributed by atoms with Gasteiger partial charge in [0.2, 0.25) is 0 Å². The van der Waals surface area contributed by atoms with Crippen LogP contribution in [0.2, 0.25) is 0 Å². The second kappa shape index (κ2) is 4.63. The third-order valence-electron chi connectivity index (χ3n) is 4.01. The van der Waals surface area contributed by atoms with Gasteiger partial charge in [0.15, 0.2) is 0 Å². The van der Waals surface area contributed by atoms with Crippen molar-refractivity contribution in [3.63, 3.8) is 0 Å². The van der Waals surface area contributed by atoms with Crippen LogP contribution in [-0.2, 0) is 0 Å². The number of nitrogens with zero attached hydrogens (tertiary/aromatic N) is 2. The Morgan fingerprint density at radius 2 is 2.22 bits per heavy atom. The quantitative estimate of drug-likeness (QED) is 0.910. The van der Waals surface area contributed by atoms with E-state index in [9.17, 15) is 4.79 Å². The third kappa shape index (κ3) is 2.29. The number of nitrogens with one attached hydrogen (secondary N) is 1. The zero-order chi connectivity index (χ0) is 13.5. The lowest BCUT2D eigenvalue weighted by Crippen LogP contribution is -2.65. The minimum atomic E-state index is -0.0466. The van der Waals surface area contributed by atoms with Crippen LogP contribution >= 0.6 is 11.5 Å². The van der Waals surface area contributed by atoms with Gasteiger partial charge in [-0.15, -0.1) is 0 Å². The Morgan fingerprint density at radius 3 is 2.67 bits per heavy atom. The van der Waals surface area contributed by atoms with Gasteiger partial charge in [-0.1, -0.05) is 13.8 Å². The standard InChI is InChI=1S/C13H21N3OS/c1-8-6-9(15-18-8)12(17)14-10-7-11(16(4)5)13(10,2)3/h6,10-11H,7H2,1-5H3,(H,14,17). The van der Waals surface area contributed by atoms with E-state index >= 15 is 0 Å². The van der Waals surface area contributed by atoms with Crippen LogP contribution in [0.4, 0.5) is 0 Å². The largest absolute Gasteiger partial charge is 0.347 e. The van der Waals surface area contributed by atoms with Gasteiger partial charge < -0.3 is 10.2 Å². The van der Waals surface area contributed by atoms with Gasteiger partial charge in [0.25, 0.3) is 5.91 Å². The second-order valence-electron chi connectivity index (χ2n) is 5.89. The van der Waals surface area contributed by atoms with Gasteiger partial charge in [0.05, 0.1) is 0 Å². The molecule has 100 valence electrons. The molecule has 0 aliphatic heterocycles. The molecular formula is C13H21N3OS. The van der Waals surface area contributed by atoms with Crippen molar-refractivity contribution in [3.05, 3.63) is 16.6 Å². The minimum Gasteiger partial charge on any atom is -0.347 e. The Labute approximate surface area is 113 Å². The van der Waals surface area contributed by atoms with Crippen LogP contribution in [0.1, 0.15) is 35.6 Å². The molecule has 0 saturated heterocycles. The molecule has 1 aromatic heterocycles. The van der Waals surface area contributed by atoms with Crippen molar-refractivity contribution in [2.45, 2.75) is 39.3 Å². The summed E-state index contributed by atoms with van der Waals surface area (Å²) >= 11 is 1.37. The summed E-state index contributed by atoms with van der Waals surface area (Å²) in [6.07, 6.45) is 1.01. The van der Waals surface area contributed by atoms with E-state index in [0.29, 0.717) is 11.7 Å². The first-order chi connectivity index (χ1) is 8.32. The Morgan fingerprint density at radius 1 is 1.56 bits per heavy atom. The summed E-state index contributed by atoms with van der Waals surface area (Å²) in [6.45, 7) is 6.38. The van der Waals surface area contributed by atoms with Gasteiger partial charge in [-0.2, -0.15) is 4.37 Å². The molecule has 1 amide bonds. The number of hydrogen-bond acceptors (Lipinski definition) is 4. The van der Waals surface area contributed by atoms with Crippen LogP contribution in [0.25, 0.3) is 0 Å². The maximum Gasteiger partial charge on any atom is 0.271 e. The molecule has 1 aromatic rings. The fourth-order valence-electron chi connectivity index (χ4n) is 2.73. The van der Waals surface area contributed by atoms with Crippen molar-refractivity contribution in [1.29, 1.82) is 0 Å². The molecule has 0 bridgehead atoms. The Hall–Kier alpha value is -0.940. The summed E-state index contributed by atoms with van der Waals surface area (Å²) < 4.78 is 4.15. The first-order valence-corrected chi connectivity index (χ1v) is 7.00. The lowest BCUT2D eigenvalue weighted by molar-refractivity contribution is -0.0107. The molecule has 0 spiro atoms. The van der Waals surface area contributed by atoms with Gasteiger partial charge in [0.1, 0.15) is 5.69 Å². The number of hydrogen-bond donors (Lipinski definition) is 1. The lowest BCUT2D eigenvalue weighted by Gasteiger charge is -2.54. The third-order valence-corrected chi connectivity index (χ3v) is 4.70. The molecular weight excluding hydrogens is 246 g/mol. The summed E-state index contributed by atoms with van der Waals surface area (Å²) in [5.41, 5.74) is 0.658. The summed E-state index contributed by atoms with van der Waals surface area (Å²) in [4.78, 5) is 15.3. The number of rotatable bonds is 3. The average Bonchev–Trinajstić information content (AvgIpc) is 2.69. The van der Waals surface area contributed by atoms with E-state index in [0.717, 1.165) is 11.3 Å². The van der Waals surface area contributed by atoms with Crippen molar-refractivity contribution in [2.24, 2.45) is 5.41 Å². The van der Waals surface area contributed by atoms with Gasteiger partial charge >= 0.3 is 0 Å². The molecule has 1 N–H and O–H groups in total. The van der Waals surface area contributed by atoms with Crippen LogP contribution in [0, 0.1) is 12.3 Å². The number of aryl methyl sites for hydroxylation is 1. The van der Waals surface area contributed by atoms with Crippen LogP contribution in [0.5, 0.6) is 0 Å². The van der Waals surface area contributed by atoms with E-state index in [1.54, 1.807) is 0 Å². The van der Waals surface area contributed by atoms with E-state index in [1.807, 2.05) is 13.0 Å². The van der Waals surface area contributed by atoms with Crippen LogP contribution in [0.3, 0.4) is 0 Å². The molecule has 1 heterocycles. The van der Waals surface area contributed by atoms with Gasteiger partial charge in [0, 0.05) is 22.4 Å². The van der Waals surface area contributed by atoms with E-state index in [4.69, 9.17) is 0 Å². The first-order valence-electron chi connectivity index (χ1n) is 6.23. The molecule has 2 atom stereocenters. The van der Waals surface area contributed by atoms with Crippen molar-refractivity contribution in [2.75, 3.05) is 14.1 Å². The monoisotopic (exact) mass is 267 g/mol. The highest BCUT2D eigenvalue weighted by molar-refractivity contribution is 7.05. The SMILES string of the molecule is Cc1cc(C(=O)NC2CC(N(C)C)C2(C)C)ns1. The summed E-state index contributed by atoms with van der Waals surface area (Å²) in [5, 5.41) is 3.10. The minimum absolute atomic E-state index is 0.0466. The number of amides is 1. The highest BCUT2D eigenvalue weighted by atomic mass is 32.1. The topological polar surface area (TPSA) is 45.2 Å². The van der Waals surface area contributed by atoms with E-state index in [-0.39, 0.29) is 17.4 Å². The Bertz CT molecular complexity index is 453. The fraction of sp³-hybridized carbons (Fsp3) is 0.692. The molecule has 5 heteroatoms. The normalized spacial score (nSPS) is 25.9. The van der Waals surface area contributed by atoms with Gasteiger partial charge in [-0.3, -0.25) is 4.79 Å². The molecule has 1 saturated carbocycles. The van der Waals surface area contributed by atoms with Crippen LogP contribution < -0.4 is 5.32 Å². The molecule has 0 radical (unpaired) electrons. The zero-order valence-electron chi connectivity index (χ0n) is 11.7. The van der Waals surface area contributed by atoms with Crippen LogP contribution in [-0.4, -0.2) is 41.4 Å². The van der Waals surface area contributed by atoms with Gasteiger partial charge in [-0.25, -0.2) is 0 Å². The van der Waals surface area contributed by atoms with Crippen molar-refractivity contribution < 1.29 is 4.79 Å². The Kier molecular flexibility index (Phi) is 3.47. The number of carbonyl (C=O) groups is 1. The summed E-state index contributed by atoms with van der Waals surface area (Å²) in [5.74, 6) is -0.0466. The predicted molar refractivity (Wildman–Crippen MR) is 74.0 cm³/mol. The molecule has 2 unspecified atom stereocenters. The highest BCUT2D eigenvalue weighted by Crippen LogP contribution is 2.43. The first kappa shape index (κ1) is 13.5. The second-order valence-corrected chi connectivity index (χ2v) is 6.89. The molecule has 18 heavy (non-hydrogen) atoms. The Balaban J connectivity index is 1.98. The number of aromatic nitrogens is 1. The summed E-state index contributed by atoms with van der Waals surface area (Å²) in [7, 11) is 4.18. The number of carbonyl (C=O) groups excluding carboxylic acids is 1. The molecule has 0 aromatic carbocycles. The summed E-state index contributed by atoms with van der Waals surface area (Å²) in [6, 6.07) is 2.61. The zero-order valence-corrected chi connectivity index (χ0v) is 12.5. The van der Waals surface area contributed by atoms with E-state index in [2.05, 4.69) is 42.5 Å². The fourth-order valence-corrected chi connectivity index (χ4v) is 3.27. The molecule has 1 aliphatic rings. The van der Waals surface area contributed by atoms with Crippen molar-refractivity contribution in [1.82, 2.24) is 14.6 Å². The maximum atomic E-state index is 12.0. The molecule has 2 rings (SSSR count).